The van der Waals surface area contributed by atoms with E-state index < -0.39 is 0 Å². The lowest BCUT2D eigenvalue weighted by Gasteiger charge is -2.41. The highest BCUT2D eigenvalue weighted by molar-refractivity contribution is 5.57. The van der Waals surface area contributed by atoms with Gasteiger partial charge < -0.3 is 19.7 Å². The fourth-order valence-electron chi connectivity index (χ4n) is 3.15. The third kappa shape index (κ3) is 3.10. The first kappa shape index (κ1) is 14.5. The standard InChI is InChI=1S/C17H26N2O2/c1-3-13-12-19(14(4-2)11-18-13)15-6-7-16-17(10-15)21-9-5-8-20-16/h6-7,10,13-14,18H,3-5,8-9,11-12H2,1-2H3. The molecule has 3 rings (SSSR count). The van der Waals surface area contributed by atoms with Gasteiger partial charge in [-0.25, -0.2) is 0 Å². The smallest absolute Gasteiger partial charge is 0.163 e. The number of nitrogens with one attached hydrogen (secondary N) is 1. The van der Waals surface area contributed by atoms with Gasteiger partial charge in [-0.05, 0) is 25.0 Å². The van der Waals surface area contributed by atoms with Crippen LogP contribution in [-0.2, 0) is 0 Å². The number of hydrogen-bond donors (Lipinski definition) is 1. The van der Waals surface area contributed by atoms with Gasteiger partial charge in [0, 0.05) is 43.3 Å². The molecule has 2 heterocycles. The molecule has 1 N–H and O–H groups in total. The lowest BCUT2D eigenvalue weighted by Crippen LogP contribution is -2.56. The Hall–Kier alpha value is -1.42. The van der Waals surface area contributed by atoms with Crippen LogP contribution in [0.25, 0.3) is 0 Å². The number of benzene rings is 1. The Morgan fingerprint density at radius 2 is 1.95 bits per heavy atom. The lowest BCUT2D eigenvalue weighted by molar-refractivity contribution is 0.297. The fourth-order valence-corrected chi connectivity index (χ4v) is 3.15. The quantitative estimate of drug-likeness (QED) is 0.928. The van der Waals surface area contributed by atoms with Crippen molar-refractivity contribution in [1.82, 2.24) is 5.32 Å². The normalized spacial score (nSPS) is 25.5. The second-order valence-electron chi connectivity index (χ2n) is 5.91. The van der Waals surface area contributed by atoms with Crippen molar-refractivity contribution < 1.29 is 9.47 Å². The van der Waals surface area contributed by atoms with E-state index in [4.69, 9.17) is 9.47 Å². The third-order valence-electron chi connectivity index (χ3n) is 4.53. The molecule has 2 unspecified atom stereocenters. The maximum atomic E-state index is 5.83. The molecule has 1 saturated heterocycles. The number of fused-ring (bicyclic) bond motifs is 1. The molecule has 4 nitrogen and oxygen atoms in total. The van der Waals surface area contributed by atoms with E-state index in [1.807, 2.05) is 0 Å². The van der Waals surface area contributed by atoms with Crippen molar-refractivity contribution in [2.24, 2.45) is 0 Å². The molecule has 2 atom stereocenters. The van der Waals surface area contributed by atoms with Gasteiger partial charge in [-0.1, -0.05) is 13.8 Å². The van der Waals surface area contributed by atoms with Gasteiger partial charge in [-0.3, -0.25) is 0 Å². The SMILES string of the molecule is CCC1CN(c2ccc3c(c2)OCCCO3)C(CC)CN1. The molecule has 0 bridgehead atoms. The topological polar surface area (TPSA) is 33.7 Å². The Morgan fingerprint density at radius 3 is 2.71 bits per heavy atom. The van der Waals surface area contributed by atoms with Crippen LogP contribution in [0, 0.1) is 0 Å². The Bertz CT molecular complexity index is 478. The summed E-state index contributed by atoms with van der Waals surface area (Å²) in [5, 5.41) is 3.64. The third-order valence-corrected chi connectivity index (χ3v) is 4.53. The summed E-state index contributed by atoms with van der Waals surface area (Å²) in [6.07, 6.45) is 3.27. The van der Waals surface area contributed by atoms with E-state index in [9.17, 15) is 0 Å². The zero-order valence-corrected chi connectivity index (χ0v) is 13.1. The van der Waals surface area contributed by atoms with Gasteiger partial charge in [0.05, 0.1) is 13.2 Å². The van der Waals surface area contributed by atoms with Gasteiger partial charge in [0.25, 0.3) is 0 Å². The van der Waals surface area contributed by atoms with Crippen molar-refractivity contribution in [2.75, 3.05) is 31.2 Å². The number of nitrogens with zero attached hydrogens (tertiary/aromatic N) is 1. The predicted molar refractivity (Wildman–Crippen MR) is 85.6 cm³/mol. The van der Waals surface area contributed by atoms with Crippen LogP contribution < -0.4 is 19.7 Å². The Morgan fingerprint density at radius 1 is 1.14 bits per heavy atom. The van der Waals surface area contributed by atoms with E-state index in [-0.39, 0.29) is 0 Å². The van der Waals surface area contributed by atoms with Crippen LogP contribution in [0.1, 0.15) is 33.1 Å². The monoisotopic (exact) mass is 290 g/mol. The molecule has 4 heteroatoms. The van der Waals surface area contributed by atoms with E-state index in [0.717, 1.165) is 57.1 Å². The molecule has 1 fully saturated rings. The van der Waals surface area contributed by atoms with Crippen LogP contribution in [0.5, 0.6) is 11.5 Å². The molecule has 0 spiro atoms. The number of hydrogen-bond acceptors (Lipinski definition) is 4. The summed E-state index contributed by atoms with van der Waals surface area (Å²) < 4.78 is 11.6. The van der Waals surface area contributed by atoms with Crippen LogP contribution in [0.3, 0.4) is 0 Å². The maximum absolute atomic E-state index is 5.83. The average Bonchev–Trinajstić information content (AvgIpc) is 2.78. The zero-order valence-electron chi connectivity index (χ0n) is 13.1. The molecule has 21 heavy (non-hydrogen) atoms. The molecule has 1 aromatic rings. The molecule has 0 radical (unpaired) electrons. The van der Waals surface area contributed by atoms with Gasteiger partial charge in [0.1, 0.15) is 0 Å². The van der Waals surface area contributed by atoms with E-state index in [1.54, 1.807) is 0 Å². The van der Waals surface area contributed by atoms with Crippen LogP contribution in [-0.4, -0.2) is 38.4 Å². The van der Waals surface area contributed by atoms with Crippen LogP contribution in [0.2, 0.25) is 0 Å². The molecule has 2 aliphatic rings. The summed E-state index contributed by atoms with van der Waals surface area (Å²) in [5.41, 5.74) is 1.26. The van der Waals surface area contributed by atoms with Crippen LogP contribution in [0.15, 0.2) is 18.2 Å². The minimum Gasteiger partial charge on any atom is -0.490 e. The average molecular weight is 290 g/mol. The Balaban J connectivity index is 1.85. The zero-order chi connectivity index (χ0) is 14.7. The van der Waals surface area contributed by atoms with E-state index in [0.29, 0.717) is 12.1 Å². The first-order valence-corrected chi connectivity index (χ1v) is 8.21. The van der Waals surface area contributed by atoms with Gasteiger partial charge in [-0.15, -0.1) is 0 Å². The highest BCUT2D eigenvalue weighted by Crippen LogP contribution is 2.35. The first-order valence-electron chi connectivity index (χ1n) is 8.21. The number of ether oxygens (including phenoxy) is 2. The molecule has 0 amide bonds. The molecule has 116 valence electrons. The van der Waals surface area contributed by atoms with Gasteiger partial charge in [0.2, 0.25) is 0 Å². The van der Waals surface area contributed by atoms with Crippen molar-refractivity contribution in [2.45, 2.75) is 45.2 Å². The largest absolute Gasteiger partial charge is 0.490 e. The highest BCUT2D eigenvalue weighted by atomic mass is 16.5. The van der Waals surface area contributed by atoms with Crippen molar-refractivity contribution in [3.63, 3.8) is 0 Å². The second kappa shape index (κ2) is 6.56. The summed E-state index contributed by atoms with van der Waals surface area (Å²) in [6, 6.07) is 7.52. The molecule has 1 aromatic carbocycles. The fraction of sp³-hybridized carbons (Fsp3) is 0.647. The molecular weight excluding hydrogens is 264 g/mol. The predicted octanol–water partition coefficient (Wildman–Crippen LogP) is 2.81. The molecular formula is C17H26N2O2. The van der Waals surface area contributed by atoms with E-state index >= 15 is 0 Å². The number of rotatable bonds is 3. The Kier molecular flexibility index (Phi) is 4.54. The lowest BCUT2D eigenvalue weighted by atomic mass is 10.0. The highest BCUT2D eigenvalue weighted by Gasteiger charge is 2.26. The van der Waals surface area contributed by atoms with Crippen molar-refractivity contribution in [1.29, 1.82) is 0 Å². The maximum Gasteiger partial charge on any atom is 0.163 e. The minimum absolute atomic E-state index is 0.553. The van der Waals surface area contributed by atoms with E-state index in [1.165, 1.54) is 5.69 Å². The Labute approximate surface area is 127 Å². The summed E-state index contributed by atoms with van der Waals surface area (Å²) in [4.78, 5) is 2.53. The molecule has 0 aromatic heterocycles. The van der Waals surface area contributed by atoms with Crippen molar-refractivity contribution in [3.05, 3.63) is 18.2 Å². The van der Waals surface area contributed by atoms with Crippen LogP contribution in [0.4, 0.5) is 5.69 Å². The number of anilines is 1. The van der Waals surface area contributed by atoms with Gasteiger partial charge in [-0.2, -0.15) is 0 Å². The van der Waals surface area contributed by atoms with Crippen LogP contribution >= 0.6 is 0 Å². The van der Waals surface area contributed by atoms with E-state index in [2.05, 4.69) is 42.3 Å². The van der Waals surface area contributed by atoms with Gasteiger partial charge in [0.15, 0.2) is 11.5 Å². The second-order valence-corrected chi connectivity index (χ2v) is 5.91. The van der Waals surface area contributed by atoms with Crippen molar-refractivity contribution in [3.8, 4) is 11.5 Å². The number of piperazine rings is 1. The molecule has 0 aliphatic carbocycles. The summed E-state index contributed by atoms with van der Waals surface area (Å²) in [6.45, 7) is 8.12. The first-order chi connectivity index (χ1) is 10.3. The summed E-state index contributed by atoms with van der Waals surface area (Å²) >= 11 is 0. The van der Waals surface area contributed by atoms with Crippen molar-refractivity contribution >= 4 is 5.69 Å². The molecule has 0 saturated carbocycles. The van der Waals surface area contributed by atoms with Gasteiger partial charge >= 0.3 is 0 Å². The minimum atomic E-state index is 0.553. The summed E-state index contributed by atoms with van der Waals surface area (Å²) in [5.74, 6) is 1.78. The molecule has 2 aliphatic heterocycles. The summed E-state index contributed by atoms with van der Waals surface area (Å²) in [7, 11) is 0.